The smallest absolute Gasteiger partial charge is 0.295 e. The molecule has 0 saturated carbocycles. The van der Waals surface area contributed by atoms with E-state index in [2.05, 4.69) is 18.7 Å². The Kier molecular flexibility index (Phi) is 9.83. The molecule has 2 aromatic rings. The molecular weight excluding hydrogens is 496 g/mol. The number of rotatable bonds is 12. The average Bonchev–Trinajstić information content (AvgIpc) is 3.16. The maximum absolute atomic E-state index is 13.4. The molecule has 1 saturated heterocycles. The highest BCUT2D eigenvalue weighted by molar-refractivity contribution is 6.46. The van der Waals surface area contributed by atoms with Gasteiger partial charge in [-0.25, -0.2) is 0 Å². The monoisotopic (exact) mass is 530 g/mol. The molecule has 9 heteroatoms. The molecule has 0 unspecified atom stereocenters. The number of aliphatic hydroxyl groups excluding tert-OH is 1. The van der Waals surface area contributed by atoms with E-state index in [1.807, 2.05) is 6.92 Å². The number of nitrogens with zero attached hydrogens (tertiary/aromatic N) is 2. The number of para-hydroxylation sites is 1. The van der Waals surface area contributed by atoms with Gasteiger partial charge in [0.05, 0.1) is 37.5 Å². The fourth-order valence-corrected chi connectivity index (χ4v) is 4.88. The standard InChI is InChI=1S/C28H35ClN2O6/c1-6-30(7-2)15-10-16-31-24(19-11-9-12-22(35-4)27(19)36-5)23(26(33)28(31)34)25(32)18-13-14-21(37-8-3)20(29)17-18/h9,11-14,17,24,32H,6-8,10,15-16H2,1-5H3/t24-/m1/s1. The number of halogens is 1. The lowest BCUT2D eigenvalue weighted by atomic mass is 9.94. The molecule has 8 nitrogen and oxygen atoms in total. The zero-order valence-corrected chi connectivity index (χ0v) is 22.8. The Hall–Kier alpha value is -3.23. The van der Waals surface area contributed by atoms with E-state index >= 15 is 0 Å². The van der Waals surface area contributed by atoms with Gasteiger partial charge in [0.15, 0.2) is 11.5 Å². The minimum absolute atomic E-state index is 0.0281. The Bertz CT molecular complexity index is 1160. The van der Waals surface area contributed by atoms with Crippen LogP contribution in [0.2, 0.25) is 5.02 Å². The molecule has 1 heterocycles. The molecule has 0 aliphatic carbocycles. The van der Waals surface area contributed by atoms with Crippen LogP contribution in [0, 0.1) is 0 Å². The number of amides is 1. The first-order valence-electron chi connectivity index (χ1n) is 12.5. The lowest BCUT2D eigenvalue weighted by Crippen LogP contribution is -2.33. The fourth-order valence-electron chi connectivity index (χ4n) is 4.64. The Morgan fingerprint density at radius 2 is 1.78 bits per heavy atom. The van der Waals surface area contributed by atoms with Gasteiger partial charge in [-0.3, -0.25) is 9.59 Å². The fraction of sp³-hybridized carbons (Fsp3) is 0.429. The van der Waals surface area contributed by atoms with Crippen LogP contribution in [0.25, 0.3) is 5.76 Å². The summed E-state index contributed by atoms with van der Waals surface area (Å²) < 4.78 is 16.6. The lowest BCUT2D eigenvalue weighted by Gasteiger charge is -2.28. The molecule has 1 fully saturated rings. The number of aliphatic hydroxyl groups is 1. The van der Waals surface area contributed by atoms with Gasteiger partial charge in [0, 0.05) is 17.7 Å². The number of likely N-dealkylation sites (tertiary alicyclic amines) is 1. The van der Waals surface area contributed by atoms with Crippen LogP contribution in [0.5, 0.6) is 17.2 Å². The van der Waals surface area contributed by atoms with Crippen LogP contribution in [-0.4, -0.2) is 73.6 Å². The number of methoxy groups -OCH3 is 2. The second kappa shape index (κ2) is 12.8. The number of carbonyl (C=O) groups excluding carboxylic acids is 2. The van der Waals surface area contributed by atoms with E-state index in [1.165, 1.54) is 25.2 Å². The molecule has 0 bridgehead atoms. The highest BCUT2D eigenvalue weighted by Gasteiger charge is 2.47. The van der Waals surface area contributed by atoms with Gasteiger partial charge < -0.3 is 29.1 Å². The largest absolute Gasteiger partial charge is 0.507 e. The van der Waals surface area contributed by atoms with E-state index in [0.29, 0.717) is 47.9 Å². The average molecular weight is 531 g/mol. The van der Waals surface area contributed by atoms with Gasteiger partial charge in [-0.1, -0.05) is 37.6 Å². The molecule has 1 amide bonds. The Morgan fingerprint density at radius 3 is 2.38 bits per heavy atom. The van der Waals surface area contributed by atoms with Crippen LogP contribution < -0.4 is 14.2 Å². The summed E-state index contributed by atoms with van der Waals surface area (Å²) in [6.45, 7) is 9.31. The van der Waals surface area contributed by atoms with Crippen molar-refractivity contribution in [1.29, 1.82) is 0 Å². The molecule has 37 heavy (non-hydrogen) atoms. The first-order chi connectivity index (χ1) is 17.8. The van der Waals surface area contributed by atoms with E-state index in [0.717, 1.165) is 19.6 Å². The van der Waals surface area contributed by atoms with Gasteiger partial charge in [-0.05, 0) is 57.2 Å². The Balaban J connectivity index is 2.14. The van der Waals surface area contributed by atoms with Crippen molar-refractivity contribution in [2.24, 2.45) is 0 Å². The highest BCUT2D eigenvalue weighted by Crippen LogP contribution is 2.45. The van der Waals surface area contributed by atoms with Gasteiger partial charge >= 0.3 is 0 Å². The molecule has 1 N–H and O–H groups in total. The number of ketones is 1. The predicted octanol–water partition coefficient (Wildman–Crippen LogP) is 4.91. The van der Waals surface area contributed by atoms with Crippen LogP contribution in [0.1, 0.15) is 44.4 Å². The van der Waals surface area contributed by atoms with Crippen molar-refractivity contribution in [3.05, 3.63) is 58.1 Å². The van der Waals surface area contributed by atoms with Crippen LogP contribution in [-0.2, 0) is 9.59 Å². The van der Waals surface area contributed by atoms with Gasteiger partial charge in [0.2, 0.25) is 0 Å². The number of benzene rings is 2. The summed E-state index contributed by atoms with van der Waals surface area (Å²) in [5, 5.41) is 11.7. The van der Waals surface area contributed by atoms with Crippen LogP contribution in [0.3, 0.4) is 0 Å². The van der Waals surface area contributed by atoms with Crippen LogP contribution >= 0.6 is 11.6 Å². The minimum atomic E-state index is -0.868. The van der Waals surface area contributed by atoms with Gasteiger partial charge in [-0.2, -0.15) is 0 Å². The number of ether oxygens (including phenoxy) is 3. The van der Waals surface area contributed by atoms with Gasteiger partial charge in [-0.15, -0.1) is 0 Å². The third kappa shape index (κ3) is 5.86. The second-order valence-corrected chi connectivity index (χ2v) is 8.94. The van der Waals surface area contributed by atoms with Gasteiger partial charge in [0.1, 0.15) is 11.5 Å². The summed E-state index contributed by atoms with van der Waals surface area (Å²) in [6.07, 6.45) is 0.659. The first-order valence-corrected chi connectivity index (χ1v) is 12.8. The molecule has 1 atom stereocenters. The highest BCUT2D eigenvalue weighted by atomic mass is 35.5. The van der Waals surface area contributed by atoms with E-state index in [9.17, 15) is 14.7 Å². The van der Waals surface area contributed by atoms with Gasteiger partial charge in [0.25, 0.3) is 11.7 Å². The van der Waals surface area contributed by atoms with Crippen molar-refractivity contribution in [1.82, 2.24) is 9.80 Å². The third-order valence-corrected chi connectivity index (χ3v) is 6.84. The maximum Gasteiger partial charge on any atom is 0.295 e. The Labute approximate surface area is 223 Å². The van der Waals surface area contributed by atoms with Crippen molar-refractivity contribution in [3.8, 4) is 17.2 Å². The summed E-state index contributed by atoms with van der Waals surface area (Å²) in [5.41, 5.74) is 0.823. The van der Waals surface area contributed by atoms with E-state index in [4.69, 9.17) is 25.8 Å². The Morgan fingerprint density at radius 1 is 1.05 bits per heavy atom. The molecule has 1 aliphatic heterocycles. The number of carbonyl (C=O) groups is 2. The zero-order valence-electron chi connectivity index (χ0n) is 22.0. The number of Topliss-reactive ketones (excluding diaryl/α,β-unsaturated/α-hetero) is 1. The molecule has 200 valence electrons. The van der Waals surface area contributed by atoms with E-state index in [-0.39, 0.29) is 16.4 Å². The zero-order chi connectivity index (χ0) is 27.1. The second-order valence-electron chi connectivity index (χ2n) is 8.53. The van der Waals surface area contributed by atoms with E-state index in [1.54, 1.807) is 30.3 Å². The van der Waals surface area contributed by atoms with Crippen molar-refractivity contribution >= 4 is 29.1 Å². The minimum Gasteiger partial charge on any atom is -0.507 e. The lowest BCUT2D eigenvalue weighted by molar-refractivity contribution is -0.140. The van der Waals surface area contributed by atoms with Crippen LogP contribution in [0.4, 0.5) is 0 Å². The number of hydrogen-bond donors (Lipinski definition) is 1. The SMILES string of the molecule is CCOc1ccc(C(O)=C2C(=O)C(=O)N(CCCN(CC)CC)[C@@H]2c2cccc(OC)c2OC)cc1Cl. The first kappa shape index (κ1) is 28.3. The van der Waals surface area contributed by atoms with Crippen molar-refractivity contribution < 1.29 is 28.9 Å². The molecular formula is C28H35ClN2O6. The maximum atomic E-state index is 13.4. The molecule has 0 spiro atoms. The molecule has 1 aliphatic rings. The topological polar surface area (TPSA) is 88.5 Å². The quantitative estimate of drug-likeness (QED) is 0.237. The van der Waals surface area contributed by atoms with Crippen molar-refractivity contribution in [2.45, 2.75) is 33.2 Å². The normalized spacial score (nSPS) is 16.9. The summed E-state index contributed by atoms with van der Waals surface area (Å²) in [7, 11) is 3.02. The summed E-state index contributed by atoms with van der Waals surface area (Å²) in [5.74, 6) is -0.444. The van der Waals surface area contributed by atoms with Crippen molar-refractivity contribution in [2.75, 3.05) is 47.0 Å². The molecule has 0 radical (unpaired) electrons. The summed E-state index contributed by atoms with van der Waals surface area (Å²) in [4.78, 5) is 30.4. The number of hydrogen-bond acceptors (Lipinski definition) is 7. The van der Waals surface area contributed by atoms with Crippen molar-refractivity contribution in [3.63, 3.8) is 0 Å². The summed E-state index contributed by atoms with van der Waals surface area (Å²) in [6, 6.07) is 9.17. The molecule has 3 rings (SSSR count). The summed E-state index contributed by atoms with van der Waals surface area (Å²) >= 11 is 6.36. The van der Waals surface area contributed by atoms with E-state index < -0.39 is 17.7 Å². The third-order valence-electron chi connectivity index (χ3n) is 6.54. The molecule has 0 aromatic heterocycles. The van der Waals surface area contributed by atoms with Crippen LogP contribution in [0.15, 0.2) is 42.0 Å². The molecule has 2 aromatic carbocycles. The predicted molar refractivity (Wildman–Crippen MR) is 144 cm³/mol.